The smallest absolute Gasteiger partial charge is 0.254 e. The Balaban J connectivity index is 1.41. The van der Waals surface area contributed by atoms with Gasteiger partial charge in [0.1, 0.15) is 10.8 Å². The van der Waals surface area contributed by atoms with Crippen molar-refractivity contribution in [3.63, 3.8) is 0 Å². The number of carbonyl (C=O) groups excluding carboxylic acids is 1. The molecule has 34 heavy (non-hydrogen) atoms. The minimum absolute atomic E-state index is 0.0785. The Hall–Kier alpha value is -2.41. The maximum atomic E-state index is 14.3. The van der Waals surface area contributed by atoms with Gasteiger partial charge >= 0.3 is 0 Å². The summed E-state index contributed by atoms with van der Waals surface area (Å²) in [6, 6.07) is 18.2. The predicted octanol–water partition coefficient (Wildman–Crippen LogP) is 6.24. The quantitative estimate of drug-likeness (QED) is 0.419. The lowest BCUT2D eigenvalue weighted by Crippen LogP contribution is -2.52. The number of halogens is 2. The molecule has 1 N–H and O–H groups in total. The lowest BCUT2D eigenvalue weighted by molar-refractivity contribution is 0.0763. The number of rotatable bonds is 7. The van der Waals surface area contributed by atoms with Crippen molar-refractivity contribution in [2.75, 3.05) is 14.1 Å². The molecule has 1 aromatic heterocycles. The van der Waals surface area contributed by atoms with E-state index < -0.39 is 0 Å². The standard InChI is InChI=1S/C27H29ClFN3OS/c1-32(2)27(18-19-6-3-4-8-24(19)29)15-13-21(14-16-27)31-25(33)23-7-5-17-30-26(23)34-22-11-9-20(28)10-12-22/h3-12,17,21H,13-16,18H2,1-2H3,(H,31,33). The molecule has 0 bridgehead atoms. The van der Waals surface area contributed by atoms with Gasteiger partial charge in [0, 0.05) is 27.7 Å². The van der Waals surface area contributed by atoms with Crippen LogP contribution in [0.15, 0.2) is 76.8 Å². The number of hydrogen-bond donors (Lipinski definition) is 1. The van der Waals surface area contributed by atoms with Crippen molar-refractivity contribution in [3.05, 3.63) is 88.8 Å². The van der Waals surface area contributed by atoms with Crippen molar-refractivity contribution < 1.29 is 9.18 Å². The summed E-state index contributed by atoms with van der Waals surface area (Å²) in [7, 11) is 4.13. The average Bonchev–Trinajstić information content (AvgIpc) is 2.83. The molecule has 0 saturated heterocycles. The summed E-state index contributed by atoms with van der Waals surface area (Å²) in [5, 5.41) is 4.55. The second-order valence-electron chi connectivity index (χ2n) is 9.05. The fourth-order valence-electron chi connectivity index (χ4n) is 4.60. The Morgan fingerprint density at radius 2 is 1.82 bits per heavy atom. The minimum atomic E-state index is -0.151. The van der Waals surface area contributed by atoms with Crippen LogP contribution >= 0.6 is 23.4 Å². The van der Waals surface area contributed by atoms with Gasteiger partial charge in [0.2, 0.25) is 0 Å². The zero-order valence-corrected chi connectivity index (χ0v) is 21.0. The third kappa shape index (κ3) is 5.80. The van der Waals surface area contributed by atoms with Crippen molar-refractivity contribution in [3.8, 4) is 0 Å². The second kappa shape index (κ2) is 10.9. The molecule has 4 nitrogen and oxygen atoms in total. The molecule has 0 atom stereocenters. The summed E-state index contributed by atoms with van der Waals surface area (Å²) in [6.07, 6.45) is 5.83. The lowest BCUT2D eigenvalue weighted by Gasteiger charge is -2.45. The molecule has 3 aromatic rings. The third-order valence-corrected chi connectivity index (χ3v) is 8.00. The Morgan fingerprint density at radius 1 is 1.12 bits per heavy atom. The van der Waals surface area contributed by atoms with Crippen molar-refractivity contribution in [2.45, 2.75) is 53.6 Å². The van der Waals surface area contributed by atoms with Crippen LogP contribution in [0, 0.1) is 5.82 Å². The molecule has 1 heterocycles. The lowest BCUT2D eigenvalue weighted by atomic mass is 9.74. The van der Waals surface area contributed by atoms with E-state index in [0.717, 1.165) is 36.1 Å². The van der Waals surface area contributed by atoms with Gasteiger partial charge in [0.15, 0.2) is 0 Å². The molecule has 0 aliphatic heterocycles. The van der Waals surface area contributed by atoms with E-state index in [-0.39, 0.29) is 23.3 Å². The maximum absolute atomic E-state index is 14.3. The minimum Gasteiger partial charge on any atom is -0.349 e. The molecule has 1 amide bonds. The number of nitrogens with one attached hydrogen (secondary N) is 1. The van der Waals surface area contributed by atoms with Crippen LogP contribution in [0.2, 0.25) is 5.02 Å². The molecule has 1 aliphatic rings. The fraction of sp³-hybridized carbons (Fsp3) is 0.333. The molecule has 4 rings (SSSR count). The van der Waals surface area contributed by atoms with Crippen LogP contribution in [0.3, 0.4) is 0 Å². The molecular weight excluding hydrogens is 469 g/mol. The first-order valence-electron chi connectivity index (χ1n) is 11.5. The Morgan fingerprint density at radius 3 is 2.50 bits per heavy atom. The highest BCUT2D eigenvalue weighted by molar-refractivity contribution is 7.99. The Kier molecular flexibility index (Phi) is 7.91. The van der Waals surface area contributed by atoms with Crippen LogP contribution in [0.5, 0.6) is 0 Å². The summed E-state index contributed by atoms with van der Waals surface area (Å²) in [6.45, 7) is 0. The van der Waals surface area contributed by atoms with Gasteiger partial charge in [-0.15, -0.1) is 0 Å². The molecule has 1 aliphatic carbocycles. The van der Waals surface area contributed by atoms with E-state index in [1.165, 1.54) is 17.8 Å². The first-order chi connectivity index (χ1) is 16.4. The van der Waals surface area contributed by atoms with Gasteiger partial charge < -0.3 is 10.2 Å². The van der Waals surface area contributed by atoms with E-state index in [0.29, 0.717) is 22.0 Å². The molecule has 0 spiro atoms. The van der Waals surface area contributed by atoms with Crippen LogP contribution in [-0.4, -0.2) is 41.5 Å². The highest BCUT2D eigenvalue weighted by atomic mass is 35.5. The monoisotopic (exact) mass is 497 g/mol. The Bertz CT molecular complexity index is 1130. The van der Waals surface area contributed by atoms with Gasteiger partial charge in [-0.1, -0.05) is 41.6 Å². The zero-order chi connectivity index (χ0) is 24.1. The molecule has 7 heteroatoms. The fourth-order valence-corrected chi connectivity index (χ4v) is 5.61. The topological polar surface area (TPSA) is 45.2 Å². The van der Waals surface area contributed by atoms with Gasteiger partial charge in [0.25, 0.3) is 5.91 Å². The molecule has 178 valence electrons. The van der Waals surface area contributed by atoms with E-state index in [2.05, 4.69) is 29.3 Å². The summed E-state index contributed by atoms with van der Waals surface area (Å²) in [5.74, 6) is -0.262. The number of aromatic nitrogens is 1. The zero-order valence-electron chi connectivity index (χ0n) is 19.4. The highest BCUT2D eigenvalue weighted by Crippen LogP contribution is 2.36. The molecule has 0 radical (unpaired) electrons. The van der Waals surface area contributed by atoms with Crippen molar-refractivity contribution in [1.29, 1.82) is 0 Å². The van der Waals surface area contributed by atoms with Gasteiger partial charge in [-0.25, -0.2) is 9.37 Å². The van der Waals surface area contributed by atoms with Crippen LogP contribution < -0.4 is 5.32 Å². The first-order valence-corrected chi connectivity index (χ1v) is 12.7. The van der Waals surface area contributed by atoms with E-state index in [1.807, 2.05) is 42.5 Å². The number of likely N-dealkylation sites (N-methyl/N-ethyl adjacent to an activating group) is 1. The summed E-state index contributed by atoms with van der Waals surface area (Å²) in [5.41, 5.74) is 1.20. The largest absolute Gasteiger partial charge is 0.349 e. The van der Waals surface area contributed by atoms with Crippen molar-refractivity contribution in [1.82, 2.24) is 15.2 Å². The summed E-state index contributed by atoms with van der Waals surface area (Å²) in [4.78, 5) is 20.8. The SMILES string of the molecule is CN(C)C1(Cc2ccccc2F)CCC(NC(=O)c2cccnc2Sc2ccc(Cl)cc2)CC1. The maximum Gasteiger partial charge on any atom is 0.254 e. The number of benzene rings is 2. The Labute approximate surface area is 209 Å². The molecule has 1 fully saturated rings. The van der Waals surface area contributed by atoms with Crippen molar-refractivity contribution in [2.24, 2.45) is 0 Å². The number of carbonyl (C=O) groups is 1. The normalized spacial score (nSPS) is 20.3. The van der Waals surface area contributed by atoms with E-state index >= 15 is 0 Å². The molecule has 0 unspecified atom stereocenters. The van der Waals surface area contributed by atoms with Crippen LogP contribution in [-0.2, 0) is 6.42 Å². The van der Waals surface area contributed by atoms with E-state index in [4.69, 9.17) is 11.6 Å². The first kappa shape index (κ1) is 24.7. The average molecular weight is 498 g/mol. The van der Waals surface area contributed by atoms with Crippen LogP contribution in [0.4, 0.5) is 4.39 Å². The van der Waals surface area contributed by atoms with Gasteiger partial charge in [-0.3, -0.25) is 4.79 Å². The predicted molar refractivity (Wildman–Crippen MR) is 136 cm³/mol. The summed E-state index contributed by atoms with van der Waals surface area (Å²) >= 11 is 7.43. The molecular formula is C27H29ClFN3OS. The van der Waals surface area contributed by atoms with Crippen LogP contribution in [0.25, 0.3) is 0 Å². The summed E-state index contributed by atoms with van der Waals surface area (Å²) < 4.78 is 14.3. The van der Waals surface area contributed by atoms with Gasteiger partial charge in [0.05, 0.1) is 5.56 Å². The third-order valence-electron chi connectivity index (χ3n) is 6.72. The number of hydrogen-bond acceptors (Lipinski definition) is 4. The molecule has 1 saturated carbocycles. The highest BCUT2D eigenvalue weighted by Gasteiger charge is 2.38. The van der Waals surface area contributed by atoms with E-state index in [1.54, 1.807) is 18.3 Å². The van der Waals surface area contributed by atoms with E-state index in [9.17, 15) is 9.18 Å². The van der Waals surface area contributed by atoms with Gasteiger partial charge in [-0.05, 0) is 94.2 Å². The van der Waals surface area contributed by atoms with Gasteiger partial charge in [-0.2, -0.15) is 0 Å². The number of nitrogens with zero attached hydrogens (tertiary/aromatic N) is 2. The van der Waals surface area contributed by atoms with Crippen LogP contribution in [0.1, 0.15) is 41.6 Å². The van der Waals surface area contributed by atoms with Crippen molar-refractivity contribution >= 4 is 29.3 Å². The second-order valence-corrected chi connectivity index (χ2v) is 10.5. The molecule has 2 aromatic carbocycles. The number of pyridine rings is 1. The number of amides is 1.